The van der Waals surface area contributed by atoms with Gasteiger partial charge in [-0.1, -0.05) is 18.2 Å². The van der Waals surface area contributed by atoms with E-state index in [-0.39, 0.29) is 5.82 Å². The lowest BCUT2D eigenvalue weighted by molar-refractivity contribution is 0.122. The molecule has 1 aliphatic rings. The lowest BCUT2D eigenvalue weighted by Gasteiger charge is -2.28. The Hall–Kier alpha value is -2.48. The highest BCUT2D eigenvalue weighted by atomic mass is 32.1. The molecule has 1 aromatic heterocycles. The smallest absolute Gasteiger partial charge is 0.190 e. The number of nitrogens with two attached hydrogens (primary N) is 1. The third-order valence-corrected chi connectivity index (χ3v) is 5.59. The van der Waals surface area contributed by atoms with Crippen LogP contribution in [0.25, 0.3) is 11.3 Å². The van der Waals surface area contributed by atoms with Crippen LogP contribution in [0.1, 0.15) is 0 Å². The number of nitrogens with zero attached hydrogens (tertiary/aromatic N) is 3. The Balaban J connectivity index is 1.67. The van der Waals surface area contributed by atoms with Crippen LogP contribution in [0.5, 0.6) is 0 Å². The van der Waals surface area contributed by atoms with Gasteiger partial charge in [0.2, 0.25) is 0 Å². The molecule has 1 fully saturated rings. The summed E-state index contributed by atoms with van der Waals surface area (Å²) >= 11 is 1.54. The summed E-state index contributed by atoms with van der Waals surface area (Å²) in [5.74, 6) is -0.290. The van der Waals surface area contributed by atoms with Gasteiger partial charge in [0.25, 0.3) is 0 Å². The zero-order valence-electron chi connectivity index (χ0n) is 15.6. The first-order valence-electron chi connectivity index (χ1n) is 9.36. The summed E-state index contributed by atoms with van der Waals surface area (Å²) in [6.07, 6.45) is 0. The molecule has 0 aliphatic carbocycles. The van der Waals surface area contributed by atoms with Crippen LogP contribution in [-0.2, 0) is 11.3 Å². The van der Waals surface area contributed by atoms with Gasteiger partial charge in [0.05, 0.1) is 24.6 Å². The highest BCUT2D eigenvalue weighted by molar-refractivity contribution is 7.07. The minimum absolute atomic E-state index is 0.290. The molecule has 7 heteroatoms. The number of aromatic nitrogens is 1. The summed E-state index contributed by atoms with van der Waals surface area (Å²) in [5.41, 5.74) is 9.83. The predicted molar refractivity (Wildman–Crippen MR) is 111 cm³/mol. The molecule has 5 nitrogen and oxygen atoms in total. The molecule has 1 aliphatic heterocycles. The van der Waals surface area contributed by atoms with E-state index in [0.717, 1.165) is 42.4 Å². The fourth-order valence-electron chi connectivity index (χ4n) is 3.32. The average Bonchev–Trinajstić information content (AvgIpc) is 3.11. The van der Waals surface area contributed by atoms with E-state index in [9.17, 15) is 4.39 Å². The summed E-state index contributed by atoms with van der Waals surface area (Å²) in [6.45, 7) is 4.54. The van der Waals surface area contributed by atoms with E-state index in [1.807, 2.05) is 0 Å². The molecular weight excluding hydrogens is 375 g/mol. The molecule has 0 amide bonds. The second-order valence-electron chi connectivity index (χ2n) is 6.58. The molecule has 0 unspecified atom stereocenters. The van der Waals surface area contributed by atoms with Crippen molar-refractivity contribution in [1.29, 1.82) is 0 Å². The number of hydrogen-bond donors (Lipinski definition) is 1. The molecule has 0 radical (unpaired) electrons. The van der Waals surface area contributed by atoms with Crippen LogP contribution in [0.4, 0.5) is 15.8 Å². The standard InChI is InChI=1S/C21H23FN4OS/c22-17-2-1-3-18(14-17)24-21-26(9-8-23)20(15-28-21)16-4-6-19(7-5-16)25-10-12-27-13-11-25/h1-7,14-15H,8-13,23H2/b24-21+. The number of ether oxygens (including phenoxy) is 1. The molecule has 0 saturated carbocycles. The van der Waals surface area contributed by atoms with E-state index >= 15 is 0 Å². The van der Waals surface area contributed by atoms with Gasteiger partial charge in [-0.05, 0) is 35.9 Å². The molecule has 146 valence electrons. The number of morpholine rings is 1. The van der Waals surface area contributed by atoms with Gasteiger partial charge in [-0.15, -0.1) is 11.3 Å². The Labute approximate surface area is 167 Å². The molecule has 0 bridgehead atoms. The van der Waals surface area contributed by atoms with E-state index in [0.29, 0.717) is 18.8 Å². The average molecular weight is 399 g/mol. The van der Waals surface area contributed by atoms with E-state index in [4.69, 9.17) is 10.5 Å². The number of halogens is 1. The fourth-order valence-corrected chi connectivity index (χ4v) is 4.27. The fraction of sp³-hybridized carbons (Fsp3) is 0.286. The van der Waals surface area contributed by atoms with Crippen molar-refractivity contribution in [3.05, 3.63) is 64.5 Å². The molecule has 4 rings (SSSR count). The quantitative estimate of drug-likeness (QED) is 0.717. The van der Waals surface area contributed by atoms with Gasteiger partial charge in [-0.25, -0.2) is 9.38 Å². The summed E-state index contributed by atoms with van der Waals surface area (Å²) in [7, 11) is 0. The molecule has 28 heavy (non-hydrogen) atoms. The number of thiazole rings is 1. The van der Waals surface area contributed by atoms with Crippen molar-refractivity contribution in [1.82, 2.24) is 4.57 Å². The van der Waals surface area contributed by atoms with Crippen LogP contribution in [0, 0.1) is 5.82 Å². The maximum Gasteiger partial charge on any atom is 0.190 e. The monoisotopic (exact) mass is 398 g/mol. The van der Waals surface area contributed by atoms with Gasteiger partial charge in [0.1, 0.15) is 5.82 Å². The predicted octanol–water partition coefficient (Wildman–Crippen LogP) is 3.38. The minimum atomic E-state index is -0.290. The van der Waals surface area contributed by atoms with Crippen LogP contribution >= 0.6 is 11.3 Å². The molecule has 3 aromatic rings. The molecule has 1 saturated heterocycles. The largest absolute Gasteiger partial charge is 0.378 e. The number of anilines is 1. The van der Waals surface area contributed by atoms with Crippen LogP contribution in [-0.4, -0.2) is 37.4 Å². The van der Waals surface area contributed by atoms with E-state index in [2.05, 4.69) is 44.1 Å². The topological polar surface area (TPSA) is 55.8 Å². The highest BCUT2D eigenvalue weighted by Gasteiger charge is 2.12. The molecule has 0 spiro atoms. The maximum atomic E-state index is 13.5. The zero-order valence-corrected chi connectivity index (χ0v) is 16.4. The van der Waals surface area contributed by atoms with Crippen LogP contribution in [0.2, 0.25) is 0 Å². The van der Waals surface area contributed by atoms with Crippen molar-refractivity contribution in [2.24, 2.45) is 10.7 Å². The SMILES string of the molecule is NCCn1c(-c2ccc(N3CCOCC3)cc2)cs/c1=N/c1cccc(F)c1. The van der Waals surface area contributed by atoms with Gasteiger partial charge in [0, 0.05) is 37.2 Å². The Bertz CT molecular complexity index is 990. The van der Waals surface area contributed by atoms with Gasteiger partial charge >= 0.3 is 0 Å². The third kappa shape index (κ3) is 4.16. The van der Waals surface area contributed by atoms with E-state index in [1.165, 1.54) is 29.2 Å². The second-order valence-corrected chi connectivity index (χ2v) is 7.42. The summed E-state index contributed by atoms with van der Waals surface area (Å²) in [4.78, 5) is 7.76. The number of rotatable bonds is 5. The van der Waals surface area contributed by atoms with Gasteiger partial charge in [-0.3, -0.25) is 0 Å². The third-order valence-electron chi connectivity index (χ3n) is 4.72. The van der Waals surface area contributed by atoms with Gasteiger partial charge in [0.15, 0.2) is 4.80 Å². The Morgan fingerprint density at radius 1 is 1.11 bits per heavy atom. The first kappa shape index (κ1) is 18.9. The van der Waals surface area contributed by atoms with Crippen molar-refractivity contribution in [2.75, 3.05) is 37.7 Å². The van der Waals surface area contributed by atoms with Crippen LogP contribution in [0.15, 0.2) is 58.9 Å². The molecule has 2 N–H and O–H groups in total. The van der Waals surface area contributed by atoms with E-state index in [1.54, 1.807) is 12.1 Å². The lowest BCUT2D eigenvalue weighted by atomic mass is 10.1. The molecule has 2 heterocycles. The highest BCUT2D eigenvalue weighted by Crippen LogP contribution is 2.25. The first-order valence-corrected chi connectivity index (χ1v) is 10.2. The van der Waals surface area contributed by atoms with Gasteiger partial charge in [-0.2, -0.15) is 0 Å². The van der Waals surface area contributed by atoms with Crippen molar-refractivity contribution in [3.63, 3.8) is 0 Å². The maximum absolute atomic E-state index is 13.5. The van der Waals surface area contributed by atoms with Crippen LogP contribution in [0.3, 0.4) is 0 Å². The number of benzene rings is 2. The lowest BCUT2D eigenvalue weighted by Crippen LogP contribution is -2.36. The van der Waals surface area contributed by atoms with Crippen molar-refractivity contribution < 1.29 is 9.13 Å². The summed E-state index contributed by atoms with van der Waals surface area (Å²) in [6, 6.07) is 14.9. The van der Waals surface area contributed by atoms with Crippen LogP contribution < -0.4 is 15.4 Å². The first-order chi connectivity index (χ1) is 13.7. The van der Waals surface area contributed by atoms with Crippen molar-refractivity contribution in [2.45, 2.75) is 6.54 Å². The molecule has 0 atom stereocenters. The number of hydrogen-bond acceptors (Lipinski definition) is 5. The van der Waals surface area contributed by atoms with Crippen molar-refractivity contribution in [3.8, 4) is 11.3 Å². The minimum Gasteiger partial charge on any atom is -0.378 e. The Kier molecular flexibility index (Phi) is 5.85. The summed E-state index contributed by atoms with van der Waals surface area (Å²) < 4.78 is 21.0. The Morgan fingerprint density at radius 3 is 2.61 bits per heavy atom. The van der Waals surface area contributed by atoms with E-state index < -0.39 is 0 Å². The van der Waals surface area contributed by atoms with Crippen molar-refractivity contribution >= 4 is 22.7 Å². The zero-order chi connectivity index (χ0) is 19.3. The van der Waals surface area contributed by atoms with Gasteiger partial charge < -0.3 is 19.9 Å². The summed E-state index contributed by atoms with van der Waals surface area (Å²) in [5, 5.41) is 2.08. The normalized spacial score (nSPS) is 15.2. The Morgan fingerprint density at radius 2 is 1.89 bits per heavy atom. The second kappa shape index (κ2) is 8.68. The molecular formula is C21H23FN4OS. The molecule has 2 aromatic carbocycles.